The van der Waals surface area contributed by atoms with E-state index in [0.29, 0.717) is 28.7 Å². The summed E-state index contributed by atoms with van der Waals surface area (Å²) in [5.41, 5.74) is 2.27. The molecule has 1 amide bonds. The summed E-state index contributed by atoms with van der Waals surface area (Å²) in [4.78, 5) is 46.1. The van der Waals surface area contributed by atoms with Crippen molar-refractivity contribution >= 4 is 50.7 Å². The number of fused-ring (bicyclic) bond motifs is 3. The first-order valence-electron chi connectivity index (χ1n) is 10.0. The number of hydrogen-bond acceptors (Lipinski definition) is 6. The van der Waals surface area contributed by atoms with Crippen molar-refractivity contribution in [3.05, 3.63) is 50.6 Å². The molecule has 4 rings (SSSR count). The van der Waals surface area contributed by atoms with Crippen molar-refractivity contribution < 1.29 is 9.59 Å². The van der Waals surface area contributed by atoms with E-state index in [0.717, 1.165) is 35.0 Å². The summed E-state index contributed by atoms with van der Waals surface area (Å²) in [6, 6.07) is 6.83. The number of thiophene rings is 1. The van der Waals surface area contributed by atoms with Crippen molar-refractivity contribution in [1.82, 2.24) is 9.97 Å². The molecule has 156 valence electrons. The Hall–Kier alpha value is -2.45. The number of carbonyl (C=O) groups is 2. The summed E-state index contributed by atoms with van der Waals surface area (Å²) in [5.74, 6) is 0.685. The van der Waals surface area contributed by atoms with Crippen LogP contribution < -0.4 is 10.9 Å². The van der Waals surface area contributed by atoms with Gasteiger partial charge in [-0.15, -0.1) is 11.3 Å². The average molecular weight is 442 g/mol. The van der Waals surface area contributed by atoms with Gasteiger partial charge in [-0.05, 0) is 55.0 Å². The molecule has 0 radical (unpaired) electrons. The highest BCUT2D eigenvalue weighted by Crippen LogP contribution is 2.36. The fourth-order valence-electron chi connectivity index (χ4n) is 3.60. The van der Waals surface area contributed by atoms with Crippen LogP contribution in [0.3, 0.4) is 0 Å². The Kier molecular flexibility index (Phi) is 6.06. The first-order valence-corrected chi connectivity index (χ1v) is 11.8. The van der Waals surface area contributed by atoms with E-state index in [-0.39, 0.29) is 23.0 Å². The first kappa shape index (κ1) is 20.8. The molecular weight excluding hydrogens is 418 g/mol. The smallest absolute Gasteiger partial charge is 0.260 e. The lowest BCUT2D eigenvalue weighted by Gasteiger charge is -2.17. The fourth-order valence-corrected chi connectivity index (χ4v) is 5.80. The Labute approximate surface area is 182 Å². The van der Waals surface area contributed by atoms with Crippen LogP contribution in [0.15, 0.2) is 34.2 Å². The maximum atomic E-state index is 12.7. The molecule has 0 spiro atoms. The molecule has 2 heterocycles. The zero-order chi connectivity index (χ0) is 21.3. The summed E-state index contributed by atoms with van der Waals surface area (Å²) >= 11 is 2.84. The number of rotatable bonds is 6. The van der Waals surface area contributed by atoms with Gasteiger partial charge in [0.25, 0.3) is 5.56 Å². The van der Waals surface area contributed by atoms with Crippen LogP contribution in [0.5, 0.6) is 0 Å². The number of ketones is 1. The van der Waals surface area contributed by atoms with Crippen LogP contribution in [0.4, 0.5) is 5.69 Å². The molecule has 0 saturated carbocycles. The number of nitrogens with one attached hydrogen (secondary N) is 2. The molecule has 0 fully saturated rings. The molecule has 8 heteroatoms. The van der Waals surface area contributed by atoms with Gasteiger partial charge in [-0.2, -0.15) is 0 Å². The minimum Gasteiger partial charge on any atom is -0.326 e. The van der Waals surface area contributed by atoms with E-state index < -0.39 is 0 Å². The number of aromatic amines is 1. The summed E-state index contributed by atoms with van der Waals surface area (Å²) in [6.07, 6.45) is 3.44. The molecule has 1 aromatic carbocycles. The number of hydrogen-bond donors (Lipinski definition) is 2. The van der Waals surface area contributed by atoms with E-state index >= 15 is 0 Å². The number of thioether (sulfide) groups is 1. The largest absolute Gasteiger partial charge is 0.326 e. The van der Waals surface area contributed by atoms with Crippen LogP contribution in [-0.2, 0) is 17.6 Å². The third kappa shape index (κ3) is 4.34. The van der Waals surface area contributed by atoms with Crippen molar-refractivity contribution in [2.75, 3.05) is 11.1 Å². The van der Waals surface area contributed by atoms with Crippen LogP contribution in [-0.4, -0.2) is 27.4 Å². The van der Waals surface area contributed by atoms with Gasteiger partial charge < -0.3 is 10.3 Å². The van der Waals surface area contributed by atoms with Gasteiger partial charge >= 0.3 is 0 Å². The van der Waals surface area contributed by atoms with E-state index in [1.165, 1.54) is 16.6 Å². The van der Waals surface area contributed by atoms with Gasteiger partial charge in [-0.25, -0.2) is 4.98 Å². The van der Waals surface area contributed by atoms with Crippen LogP contribution in [0.2, 0.25) is 0 Å². The number of H-pyrrole nitrogens is 1. The molecule has 3 aromatic rings. The molecule has 0 aliphatic heterocycles. The Bertz CT molecular complexity index is 1160. The molecule has 0 bridgehead atoms. The molecule has 6 nitrogen and oxygen atoms in total. The van der Waals surface area contributed by atoms with Crippen LogP contribution in [0, 0.1) is 5.92 Å². The summed E-state index contributed by atoms with van der Waals surface area (Å²) in [5, 5.41) is 3.95. The second kappa shape index (κ2) is 8.73. The SMILES string of the molecule is CCC(=O)Nc1ccc(C(=O)CSc2nc3sc4c(c3c(=O)[nH]2)CC[C@H](C)C4)cc1. The molecule has 1 aliphatic carbocycles. The standard InChI is InChI=1S/C22H23N3O3S2/c1-3-18(27)23-14-7-5-13(6-8-14)16(26)11-29-22-24-20(28)19-15-9-4-12(2)10-17(15)30-21(19)25-22/h5-8,12H,3-4,9-11H2,1-2H3,(H,23,27)(H,24,25,28)/t12-/m0/s1. The highest BCUT2D eigenvalue weighted by atomic mass is 32.2. The van der Waals surface area contributed by atoms with E-state index in [1.807, 2.05) is 0 Å². The second-order valence-electron chi connectivity index (χ2n) is 7.59. The maximum absolute atomic E-state index is 12.7. The molecule has 30 heavy (non-hydrogen) atoms. The number of nitrogens with zero attached hydrogens (tertiary/aromatic N) is 1. The number of amides is 1. The average Bonchev–Trinajstić information content (AvgIpc) is 3.10. The normalized spacial score (nSPS) is 15.7. The molecule has 1 aliphatic rings. The number of Topliss-reactive ketones (excluding diaryl/α,β-unsaturated/α-hetero) is 1. The van der Waals surface area contributed by atoms with Crippen molar-refractivity contribution in [1.29, 1.82) is 0 Å². The zero-order valence-corrected chi connectivity index (χ0v) is 18.5. The van der Waals surface area contributed by atoms with Gasteiger partial charge in [0, 0.05) is 22.5 Å². The van der Waals surface area contributed by atoms with E-state index in [1.54, 1.807) is 42.5 Å². The van der Waals surface area contributed by atoms with Gasteiger partial charge in [-0.3, -0.25) is 14.4 Å². The molecule has 0 saturated heterocycles. The quantitative estimate of drug-likeness (QED) is 0.335. The van der Waals surface area contributed by atoms with Crippen LogP contribution >= 0.6 is 23.1 Å². The third-order valence-corrected chi connectivity index (χ3v) is 7.32. The van der Waals surface area contributed by atoms with Crippen LogP contribution in [0.25, 0.3) is 10.2 Å². The summed E-state index contributed by atoms with van der Waals surface area (Å²) in [6.45, 7) is 4.02. The molecular formula is C22H23N3O3S2. The van der Waals surface area contributed by atoms with E-state index in [4.69, 9.17) is 0 Å². The maximum Gasteiger partial charge on any atom is 0.260 e. The van der Waals surface area contributed by atoms with Crippen molar-refractivity contribution in [2.45, 2.75) is 44.7 Å². The number of aromatic nitrogens is 2. The zero-order valence-electron chi connectivity index (χ0n) is 16.9. The molecule has 2 N–H and O–H groups in total. The van der Waals surface area contributed by atoms with Crippen LogP contribution in [0.1, 0.15) is 47.5 Å². The van der Waals surface area contributed by atoms with Gasteiger partial charge in [-0.1, -0.05) is 25.6 Å². The number of benzene rings is 1. The lowest BCUT2D eigenvalue weighted by molar-refractivity contribution is -0.115. The summed E-state index contributed by atoms with van der Waals surface area (Å²) in [7, 11) is 0. The first-order chi connectivity index (χ1) is 14.4. The monoisotopic (exact) mass is 441 g/mol. The fraction of sp³-hybridized carbons (Fsp3) is 0.364. The highest BCUT2D eigenvalue weighted by Gasteiger charge is 2.23. The Morgan fingerprint density at radius 2 is 2.07 bits per heavy atom. The minimum atomic E-state index is -0.113. The van der Waals surface area contributed by atoms with Crippen molar-refractivity contribution in [3.8, 4) is 0 Å². The van der Waals surface area contributed by atoms with Crippen molar-refractivity contribution in [2.24, 2.45) is 5.92 Å². The third-order valence-electron chi connectivity index (χ3n) is 5.30. The lowest BCUT2D eigenvalue weighted by atomic mass is 9.89. The van der Waals surface area contributed by atoms with Gasteiger partial charge in [0.15, 0.2) is 10.9 Å². The second-order valence-corrected chi connectivity index (χ2v) is 9.64. The topological polar surface area (TPSA) is 91.9 Å². The van der Waals surface area contributed by atoms with E-state index in [9.17, 15) is 14.4 Å². The van der Waals surface area contributed by atoms with E-state index in [2.05, 4.69) is 22.2 Å². The number of aryl methyl sites for hydroxylation is 1. The van der Waals surface area contributed by atoms with Gasteiger partial charge in [0.05, 0.1) is 11.1 Å². The predicted molar refractivity (Wildman–Crippen MR) is 122 cm³/mol. The number of carbonyl (C=O) groups excluding carboxylic acids is 2. The number of anilines is 1. The van der Waals surface area contributed by atoms with Gasteiger partial charge in [0.2, 0.25) is 5.91 Å². The Morgan fingerprint density at radius 1 is 1.30 bits per heavy atom. The molecule has 1 atom stereocenters. The lowest BCUT2D eigenvalue weighted by Crippen LogP contribution is -2.14. The summed E-state index contributed by atoms with van der Waals surface area (Å²) < 4.78 is 0. The minimum absolute atomic E-state index is 0.0598. The Balaban J connectivity index is 1.46. The van der Waals surface area contributed by atoms with Gasteiger partial charge in [0.1, 0.15) is 4.83 Å². The Morgan fingerprint density at radius 3 is 2.80 bits per heavy atom. The molecule has 0 unspecified atom stereocenters. The highest BCUT2D eigenvalue weighted by molar-refractivity contribution is 7.99. The van der Waals surface area contributed by atoms with Crippen molar-refractivity contribution in [3.63, 3.8) is 0 Å². The predicted octanol–water partition coefficient (Wildman–Crippen LogP) is 4.43. The molecule has 2 aromatic heterocycles.